The second-order valence-electron chi connectivity index (χ2n) is 6.20. The van der Waals surface area contributed by atoms with Gasteiger partial charge in [-0.05, 0) is 36.4 Å². The second-order valence-corrected chi connectivity index (χ2v) is 8.09. The van der Waals surface area contributed by atoms with E-state index in [2.05, 4.69) is 15.2 Å². The summed E-state index contributed by atoms with van der Waals surface area (Å²) in [6.07, 6.45) is 0. The van der Waals surface area contributed by atoms with E-state index in [0.717, 1.165) is 43.3 Å². The molecule has 0 unspecified atom stereocenters. The summed E-state index contributed by atoms with van der Waals surface area (Å²) < 4.78 is 39.2. The number of hydrogen-bond acceptors (Lipinski definition) is 5. The predicted molar refractivity (Wildman–Crippen MR) is 98.7 cm³/mol. The van der Waals surface area contributed by atoms with Gasteiger partial charge in [-0.3, -0.25) is 0 Å². The highest BCUT2D eigenvalue weighted by atomic mass is 32.2. The van der Waals surface area contributed by atoms with Crippen LogP contribution in [0, 0.1) is 5.82 Å². The van der Waals surface area contributed by atoms with E-state index in [1.165, 1.54) is 24.3 Å². The average molecular weight is 371 g/mol. The number of nitrogens with one attached hydrogen (secondary N) is 1. The summed E-state index contributed by atoms with van der Waals surface area (Å²) in [7, 11) is -3.88. The fraction of sp³-hybridized carbons (Fsp3) is 0.211. The Bertz CT molecular complexity index is 1060. The third-order valence-corrected chi connectivity index (χ3v) is 6.17. The first-order valence-electron chi connectivity index (χ1n) is 8.42. The zero-order valence-corrected chi connectivity index (χ0v) is 14.8. The van der Waals surface area contributed by atoms with Gasteiger partial charge in [0.05, 0.1) is 16.1 Å². The monoisotopic (exact) mass is 371 g/mol. The molecule has 134 valence electrons. The Hall–Kier alpha value is -2.51. The molecule has 2 heterocycles. The lowest BCUT2D eigenvalue weighted by Crippen LogP contribution is -2.43. The van der Waals surface area contributed by atoms with Gasteiger partial charge < -0.3 is 10.2 Å². The highest BCUT2D eigenvalue weighted by molar-refractivity contribution is 7.91. The van der Waals surface area contributed by atoms with E-state index in [9.17, 15) is 12.8 Å². The largest absolute Gasteiger partial charge is 0.367 e. The number of sulfone groups is 1. The Balaban J connectivity index is 1.84. The van der Waals surface area contributed by atoms with E-state index in [-0.39, 0.29) is 9.92 Å². The normalized spacial score (nSPS) is 15.3. The molecule has 0 bridgehead atoms. The lowest BCUT2D eigenvalue weighted by molar-refractivity contribution is 0.587. The van der Waals surface area contributed by atoms with Crippen molar-refractivity contribution in [3.63, 3.8) is 0 Å². The van der Waals surface area contributed by atoms with Crippen LogP contribution < -0.4 is 10.2 Å². The molecule has 1 fully saturated rings. The molecule has 26 heavy (non-hydrogen) atoms. The first kappa shape index (κ1) is 16.9. The van der Waals surface area contributed by atoms with Gasteiger partial charge in [0, 0.05) is 31.6 Å². The van der Waals surface area contributed by atoms with Crippen LogP contribution in [0.4, 0.5) is 10.1 Å². The highest BCUT2D eigenvalue weighted by Crippen LogP contribution is 2.28. The van der Waals surface area contributed by atoms with Crippen molar-refractivity contribution in [2.45, 2.75) is 9.92 Å². The van der Waals surface area contributed by atoms with Crippen molar-refractivity contribution in [1.29, 1.82) is 0 Å². The van der Waals surface area contributed by atoms with E-state index in [0.29, 0.717) is 5.52 Å². The van der Waals surface area contributed by atoms with E-state index in [1.807, 2.05) is 18.2 Å². The number of hydrogen-bond donors (Lipinski definition) is 1. The Labute approximate surface area is 151 Å². The van der Waals surface area contributed by atoms with Crippen LogP contribution in [0.5, 0.6) is 0 Å². The molecule has 5 nitrogen and oxygen atoms in total. The number of benzene rings is 2. The maximum Gasteiger partial charge on any atom is 0.223 e. The summed E-state index contributed by atoms with van der Waals surface area (Å²) in [5.74, 6) is -0.589. The van der Waals surface area contributed by atoms with Crippen molar-refractivity contribution < 1.29 is 12.8 Å². The molecule has 3 aromatic rings. The van der Waals surface area contributed by atoms with Crippen molar-refractivity contribution in [3.8, 4) is 0 Å². The van der Waals surface area contributed by atoms with Gasteiger partial charge in [-0.25, -0.2) is 17.8 Å². The molecule has 2 aromatic carbocycles. The van der Waals surface area contributed by atoms with Crippen LogP contribution in [0.15, 0.2) is 64.5 Å². The van der Waals surface area contributed by atoms with Crippen molar-refractivity contribution >= 4 is 26.4 Å². The van der Waals surface area contributed by atoms with Crippen molar-refractivity contribution in [2.75, 3.05) is 31.1 Å². The van der Waals surface area contributed by atoms with Crippen molar-refractivity contribution in [3.05, 3.63) is 60.4 Å². The fourth-order valence-corrected chi connectivity index (χ4v) is 4.40. The molecule has 0 saturated carbocycles. The Morgan fingerprint density at radius 2 is 1.77 bits per heavy atom. The molecule has 0 radical (unpaired) electrons. The van der Waals surface area contributed by atoms with Crippen LogP contribution in [0.3, 0.4) is 0 Å². The first-order valence-corrected chi connectivity index (χ1v) is 9.90. The second kappa shape index (κ2) is 6.66. The van der Waals surface area contributed by atoms with Crippen LogP contribution in [0.2, 0.25) is 0 Å². The summed E-state index contributed by atoms with van der Waals surface area (Å²) in [6.45, 7) is 3.42. The maximum atomic E-state index is 13.5. The number of halogens is 1. The molecule has 0 aliphatic carbocycles. The van der Waals surface area contributed by atoms with Crippen LogP contribution in [-0.4, -0.2) is 39.6 Å². The molecule has 0 spiro atoms. The smallest absolute Gasteiger partial charge is 0.223 e. The standard InChI is InChI=1S/C19H18FN3O2S/c20-15-4-2-5-16(13-15)26(24,25)18-8-7-14-3-1-6-17(19(14)22-18)23-11-9-21-10-12-23/h1-8,13,21H,9-12H2. The molecule has 0 amide bonds. The van der Waals surface area contributed by atoms with Crippen LogP contribution in [0.1, 0.15) is 0 Å². The molecule has 1 saturated heterocycles. The fourth-order valence-electron chi connectivity index (χ4n) is 3.18. The van der Waals surface area contributed by atoms with Crippen molar-refractivity contribution in [2.24, 2.45) is 0 Å². The van der Waals surface area contributed by atoms with Gasteiger partial charge in [-0.15, -0.1) is 0 Å². The molecular weight excluding hydrogens is 353 g/mol. The molecule has 1 aliphatic rings. The maximum absolute atomic E-state index is 13.5. The Morgan fingerprint density at radius 3 is 2.54 bits per heavy atom. The molecule has 1 N–H and O–H groups in total. The summed E-state index contributed by atoms with van der Waals surface area (Å²) in [5.41, 5.74) is 1.56. The van der Waals surface area contributed by atoms with E-state index < -0.39 is 15.7 Å². The summed E-state index contributed by atoms with van der Waals surface area (Å²) in [6, 6.07) is 14.0. The van der Waals surface area contributed by atoms with Gasteiger partial charge in [0.25, 0.3) is 0 Å². The summed E-state index contributed by atoms with van der Waals surface area (Å²) in [5, 5.41) is 4.10. The van der Waals surface area contributed by atoms with Gasteiger partial charge in [0.15, 0.2) is 5.03 Å². The zero-order valence-electron chi connectivity index (χ0n) is 14.0. The van der Waals surface area contributed by atoms with Crippen LogP contribution in [0.25, 0.3) is 10.9 Å². The van der Waals surface area contributed by atoms with Gasteiger partial charge in [0.1, 0.15) is 5.82 Å². The number of anilines is 1. The van der Waals surface area contributed by atoms with E-state index in [1.54, 1.807) is 6.07 Å². The Morgan fingerprint density at radius 1 is 1.00 bits per heavy atom. The van der Waals surface area contributed by atoms with Crippen molar-refractivity contribution in [1.82, 2.24) is 10.3 Å². The van der Waals surface area contributed by atoms with Gasteiger partial charge in [-0.2, -0.15) is 0 Å². The summed E-state index contributed by atoms with van der Waals surface area (Å²) >= 11 is 0. The molecule has 0 atom stereocenters. The lowest BCUT2D eigenvalue weighted by atomic mass is 10.1. The van der Waals surface area contributed by atoms with Gasteiger partial charge in [-0.1, -0.05) is 18.2 Å². The minimum absolute atomic E-state index is 0.0711. The lowest BCUT2D eigenvalue weighted by Gasteiger charge is -2.30. The number of pyridine rings is 1. The SMILES string of the molecule is O=S(=O)(c1cccc(F)c1)c1ccc2cccc(N3CCNCC3)c2n1. The van der Waals surface area contributed by atoms with Gasteiger partial charge in [0.2, 0.25) is 9.84 Å². The third-order valence-electron chi connectivity index (χ3n) is 4.51. The first-order chi connectivity index (χ1) is 12.6. The molecule has 1 aliphatic heterocycles. The molecular formula is C19H18FN3O2S. The van der Waals surface area contributed by atoms with E-state index >= 15 is 0 Å². The number of aromatic nitrogens is 1. The predicted octanol–water partition coefficient (Wildman–Crippen LogP) is 2.62. The number of rotatable bonds is 3. The Kier molecular flexibility index (Phi) is 4.34. The third kappa shape index (κ3) is 3.04. The molecule has 7 heteroatoms. The highest BCUT2D eigenvalue weighted by Gasteiger charge is 2.22. The minimum atomic E-state index is -3.88. The summed E-state index contributed by atoms with van der Waals surface area (Å²) in [4.78, 5) is 6.56. The number of fused-ring (bicyclic) bond motifs is 1. The number of para-hydroxylation sites is 1. The zero-order chi connectivity index (χ0) is 18.1. The van der Waals surface area contributed by atoms with E-state index in [4.69, 9.17) is 0 Å². The topological polar surface area (TPSA) is 62.3 Å². The quantitative estimate of drug-likeness (QED) is 0.767. The van der Waals surface area contributed by atoms with Gasteiger partial charge >= 0.3 is 0 Å². The average Bonchev–Trinajstić information content (AvgIpc) is 2.68. The van der Waals surface area contributed by atoms with Crippen LogP contribution in [-0.2, 0) is 9.84 Å². The number of piperazine rings is 1. The minimum Gasteiger partial charge on any atom is -0.367 e. The molecule has 1 aromatic heterocycles. The number of nitrogens with zero attached hydrogens (tertiary/aromatic N) is 2. The van der Waals surface area contributed by atoms with Crippen LogP contribution >= 0.6 is 0 Å². The molecule has 4 rings (SSSR count).